The van der Waals surface area contributed by atoms with Crippen LogP contribution in [-0.2, 0) is 23.3 Å². The molecule has 0 heterocycles. The molecule has 162 valence electrons. The first-order chi connectivity index (χ1) is 14.2. The standard InChI is InChI=1S/C25H35N3O2/c1-6-28(7-2)18-21-11-9-8-10-20(21)16-26-23(29)17-27-24(30)19-12-14-22(15-13-19)25(3,4)5/h8-15H,6-7,16-18H2,1-5H3,(H,26,29)(H,27,30). The second-order valence-electron chi connectivity index (χ2n) is 8.52. The molecule has 2 amide bonds. The highest BCUT2D eigenvalue weighted by Crippen LogP contribution is 2.22. The third-order valence-corrected chi connectivity index (χ3v) is 5.31. The Labute approximate surface area is 180 Å². The number of amides is 2. The van der Waals surface area contributed by atoms with Crippen molar-refractivity contribution < 1.29 is 9.59 Å². The molecule has 0 atom stereocenters. The van der Waals surface area contributed by atoms with Crippen molar-refractivity contribution in [2.45, 2.75) is 53.1 Å². The number of rotatable bonds is 9. The van der Waals surface area contributed by atoms with Crippen molar-refractivity contribution in [1.82, 2.24) is 15.5 Å². The Kier molecular flexibility index (Phi) is 8.60. The minimum atomic E-state index is -0.243. The zero-order chi connectivity index (χ0) is 22.1. The van der Waals surface area contributed by atoms with Gasteiger partial charge < -0.3 is 10.6 Å². The van der Waals surface area contributed by atoms with Crippen LogP contribution in [0.5, 0.6) is 0 Å². The highest BCUT2D eigenvalue weighted by atomic mass is 16.2. The lowest BCUT2D eigenvalue weighted by molar-refractivity contribution is -0.120. The Hall–Kier alpha value is -2.66. The Bertz CT molecular complexity index is 834. The van der Waals surface area contributed by atoms with Crippen LogP contribution in [0.25, 0.3) is 0 Å². The van der Waals surface area contributed by atoms with Crippen LogP contribution in [-0.4, -0.2) is 36.3 Å². The third kappa shape index (κ3) is 6.99. The summed E-state index contributed by atoms with van der Waals surface area (Å²) in [6.45, 7) is 13.9. The predicted octanol–water partition coefficient (Wildman–Crippen LogP) is 3.87. The minimum absolute atomic E-state index is 0.0382. The average molecular weight is 410 g/mol. The number of carbonyl (C=O) groups is 2. The largest absolute Gasteiger partial charge is 0.350 e. The zero-order valence-electron chi connectivity index (χ0n) is 18.9. The summed E-state index contributed by atoms with van der Waals surface area (Å²) in [6, 6.07) is 15.7. The van der Waals surface area contributed by atoms with Gasteiger partial charge in [-0.1, -0.05) is 71.0 Å². The fourth-order valence-electron chi connectivity index (χ4n) is 3.21. The SMILES string of the molecule is CCN(CC)Cc1ccccc1CNC(=O)CNC(=O)c1ccc(C(C)(C)C)cc1. The summed E-state index contributed by atoms with van der Waals surface area (Å²) in [5.74, 6) is -0.445. The molecule has 0 aliphatic carbocycles. The number of benzene rings is 2. The summed E-state index contributed by atoms with van der Waals surface area (Å²) < 4.78 is 0. The van der Waals surface area contributed by atoms with E-state index in [0.717, 1.165) is 25.2 Å². The van der Waals surface area contributed by atoms with Gasteiger partial charge in [-0.05, 0) is 47.3 Å². The van der Waals surface area contributed by atoms with Crippen LogP contribution in [0, 0.1) is 0 Å². The van der Waals surface area contributed by atoms with E-state index < -0.39 is 0 Å². The van der Waals surface area contributed by atoms with E-state index in [1.54, 1.807) is 12.1 Å². The average Bonchev–Trinajstić information content (AvgIpc) is 2.74. The molecule has 0 aromatic heterocycles. The molecule has 2 aromatic rings. The second-order valence-corrected chi connectivity index (χ2v) is 8.52. The molecule has 2 rings (SSSR count). The lowest BCUT2D eigenvalue weighted by Crippen LogP contribution is -2.36. The quantitative estimate of drug-likeness (QED) is 0.661. The molecule has 2 aromatic carbocycles. The van der Waals surface area contributed by atoms with Crippen molar-refractivity contribution >= 4 is 11.8 Å². The Morgan fingerprint density at radius 2 is 1.47 bits per heavy atom. The zero-order valence-corrected chi connectivity index (χ0v) is 18.9. The highest BCUT2D eigenvalue weighted by molar-refractivity contribution is 5.96. The summed E-state index contributed by atoms with van der Waals surface area (Å²) in [5.41, 5.74) is 4.07. The maximum absolute atomic E-state index is 12.3. The van der Waals surface area contributed by atoms with Crippen LogP contribution in [0.15, 0.2) is 48.5 Å². The monoisotopic (exact) mass is 409 g/mol. The minimum Gasteiger partial charge on any atom is -0.350 e. The molecule has 0 spiro atoms. The van der Waals surface area contributed by atoms with Gasteiger partial charge in [0.25, 0.3) is 5.91 Å². The molecule has 5 nitrogen and oxygen atoms in total. The number of hydrogen-bond donors (Lipinski definition) is 2. The van der Waals surface area contributed by atoms with Gasteiger partial charge in [-0.25, -0.2) is 0 Å². The van der Waals surface area contributed by atoms with Gasteiger partial charge >= 0.3 is 0 Å². The number of hydrogen-bond acceptors (Lipinski definition) is 3. The van der Waals surface area contributed by atoms with E-state index in [9.17, 15) is 9.59 Å². The number of carbonyl (C=O) groups excluding carboxylic acids is 2. The first kappa shape index (κ1) is 23.6. The first-order valence-corrected chi connectivity index (χ1v) is 10.7. The Morgan fingerprint density at radius 1 is 0.867 bits per heavy atom. The van der Waals surface area contributed by atoms with Crippen LogP contribution in [0.2, 0.25) is 0 Å². The molecule has 0 aliphatic rings. The van der Waals surface area contributed by atoms with Crippen molar-refractivity contribution in [3.8, 4) is 0 Å². The molecule has 0 fully saturated rings. The summed E-state index contributed by atoms with van der Waals surface area (Å²) in [6.07, 6.45) is 0. The smallest absolute Gasteiger partial charge is 0.251 e. The van der Waals surface area contributed by atoms with Gasteiger partial charge in [0.15, 0.2) is 0 Å². The second kappa shape index (κ2) is 10.9. The normalized spacial score (nSPS) is 11.4. The van der Waals surface area contributed by atoms with Crippen molar-refractivity contribution in [2.75, 3.05) is 19.6 Å². The lowest BCUT2D eigenvalue weighted by Gasteiger charge is -2.20. The van der Waals surface area contributed by atoms with E-state index in [4.69, 9.17) is 0 Å². The van der Waals surface area contributed by atoms with E-state index in [1.807, 2.05) is 30.3 Å². The fourth-order valence-corrected chi connectivity index (χ4v) is 3.21. The highest BCUT2D eigenvalue weighted by Gasteiger charge is 2.15. The molecule has 0 saturated heterocycles. The molecular formula is C25H35N3O2. The molecule has 30 heavy (non-hydrogen) atoms. The van der Waals surface area contributed by atoms with E-state index in [0.29, 0.717) is 12.1 Å². The van der Waals surface area contributed by atoms with E-state index in [1.165, 1.54) is 11.1 Å². The van der Waals surface area contributed by atoms with Crippen LogP contribution >= 0.6 is 0 Å². The summed E-state index contributed by atoms with van der Waals surface area (Å²) >= 11 is 0. The molecule has 0 bridgehead atoms. The molecule has 0 aliphatic heterocycles. The van der Waals surface area contributed by atoms with Crippen LogP contribution < -0.4 is 10.6 Å². The number of nitrogens with zero attached hydrogens (tertiary/aromatic N) is 1. The van der Waals surface area contributed by atoms with Gasteiger partial charge in [0.2, 0.25) is 5.91 Å². The maximum Gasteiger partial charge on any atom is 0.251 e. The summed E-state index contributed by atoms with van der Waals surface area (Å²) in [4.78, 5) is 26.9. The summed E-state index contributed by atoms with van der Waals surface area (Å²) in [7, 11) is 0. The topological polar surface area (TPSA) is 61.4 Å². The summed E-state index contributed by atoms with van der Waals surface area (Å²) in [5, 5.41) is 5.61. The fraction of sp³-hybridized carbons (Fsp3) is 0.440. The predicted molar refractivity (Wildman–Crippen MR) is 122 cm³/mol. The van der Waals surface area contributed by atoms with Crippen LogP contribution in [0.1, 0.15) is 61.7 Å². The molecule has 0 saturated carbocycles. The molecular weight excluding hydrogens is 374 g/mol. The van der Waals surface area contributed by atoms with Gasteiger partial charge in [-0.2, -0.15) is 0 Å². The van der Waals surface area contributed by atoms with E-state index >= 15 is 0 Å². The molecule has 2 N–H and O–H groups in total. The Morgan fingerprint density at radius 3 is 2.03 bits per heavy atom. The molecule has 0 radical (unpaired) electrons. The third-order valence-electron chi connectivity index (χ3n) is 5.31. The van der Waals surface area contributed by atoms with Gasteiger partial charge in [-0.15, -0.1) is 0 Å². The lowest BCUT2D eigenvalue weighted by atomic mass is 9.87. The van der Waals surface area contributed by atoms with E-state index in [-0.39, 0.29) is 23.8 Å². The first-order valence-electron chi connectivity index (χ1n) is 10.7. The van der Waals surface area contributed by atoms with Crippen LogP contribution in [0.3, 0.4) is 0 Å². The van der Waals surface area contributed by atoms with Crippen molar-refractivity contribution in [1.29, 1.82) is 0 Å². The van der Waals surface area contributed by atoms with Gasteiger partial charge in [-0.3, -0.25) is 14.5 Å². The molecule has 0 unspecified atom stereocenters. The van der Waals surface area contributed by atoms with E-state index in [2.05, 4.69) is 56.2 Å². The van der Waals surface area contributed by atoms with Gasteiger partial charge in [0.1, 0.15) is 0 Å². The van der Waals surface area contributed by atoms with Gasteiger partial charge in [0, 0.05) is 18.7 Å². The number of nitrogens with one attached hydrogen (secondary N) is 2. The molecule has 5 heteroatoms. The van der Waals surface area contributed by atoms with Crippen molar-refractivity contribution in [3.05, 3.63) is 70.8 Å². The maximum atomic E-state index is 12.3. The van der Waals surface area contributed by atoms with Crippen molar-refractivity contribution in [2.24, 2.45) is 0 Å². The van der Waals surface area contributed by atoms with Crippen molar-refractivity contribution in [3.63, 3.8) is 0 Å². The van der Waals surface area contributed by atoms with Crippen LogP contribution in [0.4, 0.5) is 0 Å². The van der Waals surface area contributed by atoms with Gasteiger partial charge in [0.05, 0.1) is 6.54 Å². The Balaban J connectivity index is 1.86.